The van der Waals surface area contributed by atoms with E-state index in [4.69, 9.17) is 4.42 Å². The Balaban J connectivity index is 1.86. The molecule has 5 rings (SSSR count). The number of halogens is 1. The van der Waals surface area contributed by atoms with Gasteiger partial charge in [-0.15, -0.1) is 0 Å². The van der Waals surface area contributed by atoms with E-state index in [1.54, 1.807) is 66.7 Å². The van der Waals surface area contributed by atoms with Crippen LogP contribution >= 0.6 is 0 Å². The van der Waals surface area contributed by atoms with Crippen LogP contribution in [-0.4, -0.2) is 5.91 Å². The van der Waals surface area contributed by atoms with Crippen LogP contribution in [0, 0.1) is 5.82 Å². The molecule has 0 spiro atoms. The minimum absolute atomic E-state index is 0.0409. The molecule has 0 N–H and O–H groups in total. The van der Waals surface area contributed by atoms with Crippen molar-refractivity contribution < 1.29 is 13.6 Å². The molecule has 0 saturated carbocycles. The molecule has 28 heavy (non-hydrogen) atoms. The smallest absolute Gasteiger partial charge is 0.295 e. The molecule has 1 aliphatic rings. The standard InChI is InChI=1S/C23H14FNO3/c24-17-12-6-4-10-15(17)20-19-21(26)16-11-5-7-13-18(16)28-22(19)23(27)25(20)14-8-2-1-3-9-14/h1-13,20H. The van der Waals surface area contributed by atoms with Gasteiger partial charge in [-0.1, -0.05) is 48.5 Å². The average Bonchev–Trinajstić information content (AvgIpc) is 3.02. The van der Waals surface area contributed by atoms with Crippen molar-refractivity contribution in [3.05, 3.63) is 112 Å². The van der Waals surface area contributed by atoms with Crippen molar-refractivity contribution >= 4 is 22.6 Å². The molecule has 0 aliphatic carbocycles. The molecule has 1 aliphatic heterocycles. The Kier molecular flexibility index (Phi) is 3.62. The third-order valence-corrected chi connectivity index (χ3v) is 5.01. The summed E-state index contributed by atoms with van der Waals surface area (Å²) in [6, 6.07) is 20.9. The summed E-state index contributed by atoms with van der Waals surface area (Å²) in [6.07, 6.45) is 0. The molecule has 3 aromatic carbocycles. The Labute approximate surface area is 159 Å². The molecule has 1 aromatic heterocycles. The van der Waals surface area contributed by atoms with Gasteiger partial charge >= 0.3 is 0 Å². The second kappa shape index (κ2) is 6.16. The number of fused-ring (bicyclic) bond motifs is 2. The second-order valence-electron chi connectivity index (χ2n) is 6.60. The number of anilines is 1. The van der Waals surface area contributed by atoms with E-state index in [1.165, 1.54) is 11.0 Å². The number of para-hydroxylation sites is 2. The van der Waals surface area contributed by atoms with Gasteiger partial charge in [0, 0.05) is 11.3 Å². The lowest BCUT2D eigenvalue weighted by Crippen LogP contribution is -2.30. The summed E-state index contributed by atoms with van der Waals surface area (Å²) in [5.74, 6) is -0.986. The van der Waals surface area contributed by atoms with Gasteiger partial charge in [-0.25, -0.2) is 4.39 Å². The van der Waals surface area contributed by atoms with Crippen LogP contribution in [0.15, 0.2) is 88.1 Å². The van der Waals surface area contributed by atoms with Crippen LogP contribution in [0.25, 0.3) is 11.0 Å². The number of carbonyl (C=O) groups excluding carboxylic acids is 1. The Morgan fingerprint density at radius 1 is 0.821 bits per heavy atom. The highest BCUT2D eigenvalue weighted by atomic mass is 19.1. The number of carbonyl (C=O) groups is 1. The summed E-state index contributed by atoms with van der Waals surface area (Å²) >= 11 is 0. The monoisotopic (exact) mass is 371 g/mol. The summed E-state index contributed by atoms with van der Waals surface area (Å²) in [4.78, 5) is 28.0. The maximum atomic E-state index is 14.7. The predicted molar refractivity (Wildman–Crippen MR) is 104 cm³/mol. The number of amides is 1. The highest BCUT2D eigenvalue weighted by Gasteiger charge is 2.44. The summed E-state index contributed by atoms with van der Waals surface area (Å²) in [7, 11) is 0. The second-order valence-corrected chi connectivity index (χ2v) is 6.60. The van der Waals surface area contributed by atoms with E-state index in [0.717, 1.165) is 0 Å². The van der Waals surface area contributed by atoms with Gasteiger partial charge < -0.3 is 4.42 Å². The third-order valence-electron chi connectivity index (χ3n) is 5.01. The maximum Gasteiger partial charge on any atom is 0.295 e. The highest BCUT2D eigenvalue weighted by molar-refractivity contribution is 6.10. The molecular weight excluding hydrogens is 357 g/mol. The van der Waals surface area contributed by atoms with E-state index in [1.807, 2.05) is 6.07 Å². The lowest BCUT2D eigenvalue weighted by atomic mass is 9.98. The van der Waals surface area contributed by atoms with Crippen LogP contribution in [0.1, 0.15) is 27.7 Å². The first-order valence-corrected chi connectivity index (χ1v) is 8.85. The van der Waals surface area contributed by atoms with Gasteiger partial charge in [-0.05, 0) is 30.3 Å². The van der Waals surface area contributed by atoms with Crippen molar-refractivity contribution in [2.24, 2.45) is 0 Å². The molecule has 2 heterocycles. The van der Waals surface area contributed by atoms with Gasteiger partial charge in [0.25, 0.3) is 5.91 Å². The molecule has 1 unspecified atom stereocenters. The summed E-state index contributed by atoms with van der Waals surface area (Å²) in [5, 5.41) is 0.366. The zero-order valence-corrected chi connectivity index (χ0v) is 14.6. The molecule has 136 valence electrons. The minimum atomic E-state index is -0.896. The van der Waals surface area contributed by atoms with E-state index >= 15 is 0 Å². The van der Waals surface area contributed by atoms with E-state index in [9.17, 15) is 14.0 Å². The number of hydrogen-bond acceptors (Lipinski definition) is 3. The molecule has 0 saturated heterocycles. The minimum Gasteiger partial charge on any atom is -0.450 e. The van der Waals surface area contributed by atoms with E-state index in [0.29, 0.717) is 16.7 Å². The van der Waals surface area contributed by atoms with Crippen molar-refractivity contribution in [3.8, 4) is 0 Å². The van der Waals surface area contributed by atoms with Crippen LogP contribution in [0.4, 0.5) is 10.1 Å². The fourth-order valence-electron chi connectivity index (χ4n) is 3.77. The predicted octanol–water partition coefficient (Wildman–Crippen LogP) is 4.68. The molecule has 4 aromatic rings. The van der Waals surface area contributed by atoms with Crippen molar-refractivity contribution in [2.45, 2.75) is 6.04 Å². The van der Waals surface area contributed by atoms with Crippen LogP contribution in [0.2, 0.25) is 0 Å². The van der Waals surface area contributed by atoms with Crippen LogP contribution < -0.4 is 10.3 Å². The van der Waals surface area contributed by atoms with Crippen LogP contribution in [0.5, 0.6) is 0 Å². The van der Waals surface area contributed by atoms with E-state index in [2.05, 4.69) is 0 Å². The fourth-order valence-corrected chi connectivity index (χ4v) is 3.77. The quantitative estimate of drug-likeness (QED) is 0.514. The zero-order chi connectivity index (χ0) is 19.3. The Bertz CT molecular complexity index is 1280. The van der Waals surface area contributed by atoms with E-state index in [-0.39, 0.29) is 22.3 Å². The van der Waals surface area contributed by atoms with Gasteiger partial charge in [0.2, 0.25) is 5.76 Å². The van der Waals surface area contributed by atoms with Gasteiger partial charge in [0.15, 0.2) is 5.43 Å². The van der Waals surface area contributed by atoms with Crippen molar-refractivity contribution in [3.63, 3.8) is 0 Å². The normalized spacial score (nSPS) is 15.8. The van der Waals surface area contributed by atoms with Gasteiger partial charge in [0.05, 0.1) is 17.0 Å². The van der Waals surface area contributed by atoms with Gasteiger partial charge in [0.1, 0.15) is 11.4 Å². The molecule has 0 radical (unpaired) electrons. The summed E-state index contributed by atoms with van der Waals surface area (Å²) in [6.45, 7) is 0. The third kappa shape index (κ3) is 2.29. The summed E-state index contributed by atoms with van der Waals surface area (Å²) in [5.41, 5.74) is 0.993. The Morgan fingerprint density at radius 2 is 1.50 bits per heavy atom. The molecule has 0 fully saturated rings. The number of hydrogen-bond donors (Lipinski definition) is 0. The largest absolute Gasteiger partial charge is 0.450 e. The Morgan fingerprint density at radius 3 is 2.29 bits per heavy atom. The van der Waals surface area contributed by atoms with Gasteiger partial charge in [-0.3, -0.25) is 14.5 Å². The fraction of sp³-hybridized carbons (Fsp3) is 0.0435. The van der Waals surface area contributed by atoms with Crippen molar-refractivity contribution in [1.29, 1.82) is 0 Å². The van der Waals surface area contributed by atoms with Crippen molar-refractivity contribution in [2.75, 3.05) is 4.90 Å². The molecule has 1 atom stereocenters. The van der Waals surface area contributed by atoms with Gasteiger partial charge in [-0.2, -0.15) is 0 Å². The molecule has 1 amide bonds. The van der Waals surface area contributed by atoms with E-state index < -0.39 is 17.8 Å². The first kappa shape index (κ1) is 16.4. The molecule has 0 bridgehead atoms. The van der Waals surface area contributed by atoms with Crippen LogP contribution in [-0.2, 0) is 0 Å². The SMILES string of the molecule is O=C1c2oc3ccccc3c(=O)c2C(c2ccccc2F)N1c1ccccc1. The maximum absolute atomic E-state index is 14.7. The number of rotatable bonds is 2. The summed E-state index contributed by atoms with van der Waals surface area (Å²) < 4.78 is 20.6. The molecule has 4 nitrogen and oxygen atoms in total. The molecular formula is C23H14FNO3. The first-order chi connectivity index (χ1) is 13.7. The highest BCUT2D eigenvalue weighted by Crippen LogP contribution is 2.41. The lowest BCUT2D eigenvalue weighted by molar-refractivity contribution is 0.0971. The molecule has 5 heteroatoms. The number of nitrogens with zero attached hydrogens (tertiary/aromatic N) is 1. The topological polar surface area (TPSA) is 50.5 Å². The number of benzene rings is 3. The zero-order valence-electron chi connectivity index (χ0n) is 14.6. The van der Waals surface area contributed by atoms with Crippen LogP contribution in [0.3, 0.4) is 0 Å². The lowest BCUT2D eigenvalue weighted by Gasteiger charge is -2.25. The Hall–Kier alpha value is -3.73. The first-order valence-electron chi connectivity index (χ1n) is 8.85. The average molecular weight is 371 g/mol. The van der Waals surface area contributed by atoms with Crippen molar-refractivity contribution in [1.82, 2.24) is 0 Å².